The highest BCUT2D eigenvalue weighted by Gasteiger charge is 2.38. The number of carbonyl (C=O) groups is 3. The average molecular weight is 507 g/mol. The van der Waals surface area contributed by atoms with Crippen molar-refractivity contribution < 1.29 is 28.6 Å². The molecule has 0 unspecified atom stereocenters. The number of nitrogens with zero attached hydrogens (tertiary/aromatic N) is 1. The molecule has 4 rings (SSSR count). The first-order valence-corrected chi connectivity index (χ1v) is 11.3. The molecule has 0 bridgehead atoms. The Kier molecular flexibility index (Phi) is 7.26. The van der Waals surface area contributed by atoms with Gasteiger partial charge in [0.2, 0.25) is 0 Å². The van der Waals surface area contributed by atoms with E-state index in [0.29, 0.717) is 17.9 Å². The van der Waals surface area contributed by atoms with Gasteiger partial charge in [-0.1, -0.05) is 53.6 Å². The fourth-order valence-corrected chi connectivity index (χ4v) is 3.80. The fourth-order valence-electron chi connectivity index (χ4n) is 3.57. The van der Waals surface area contributed by atoms with Crippen molar-refractivity contribution in [2.75, 3.05) is 19.1 Å². The van der Waals surface area contributed by atoms with Gasteiger partial charge in [-0.05, 0) is 36.3 Å². The number of ether oxygens (including phenoxy) is 3. The van der Waals surface area contributed by atoms with Gasteiger partial charge in [-0.2, -0.15) is 0 Å². The first-order chi connectivity index (χ1) is 17.3. The second kappa shape index (κ2) is 10.5. The van der Waals surface area contributed by atoms with Crippen LogP contribution in [0.4, 0.5) is 10.5 Å². The monoisotopic (exact) mass is 506 g/mol. The SMILES string of the molecule is COc1cc(N2C(=O)NC(=O)/C(=C\c3ccc(OCc4ccc(C)cc4)cc3)C2=O)c(OC)cc1Cl. The van der Waals surface area contributed by atoms with Crippen LogP contribution in [0.5, 0.6) is 17.2 Å². The number of hydrogen-bond acceptors (Lipinski definition) is 6. The van der Waals surface area contributed by atoms with Crippen LogP contribution in [0, 0.1) is 6.92 Å². The Balaban J connectivity index is 1.57. The number of carbonyl (C=O) groups excluding carboxylic acids is 3. The molecule has 1 heterocycles. The molecule has 0 spiro atoms. The first kappa shape index (κ1) is 24.8. The average Bonchev–Trinajstić information content (AvgIpc) is 2.87. The van der Waals surface area contributed by atoms with Gasteiger partial charge >= 0.3 is 6.03 Å². The molecule has 0 atom stereocenters. The lowest BCUT2D eigenvalue weighted by Crippen LogP contribution is -2.54. The minimum absolute atomic E-state index is 0.0829. The van der Waals surface area contributed by atoms with Gasteiger partial charge in [0, 0.05) is 12.1 Å². The van der Waals surface area contributed by atoms with Crippen LogP contribution in [0.15, 0.2) is 66.2 Å². The summed E-state index contributed by atoms with van der Waals surface area (Å²) in [5, 5.41) is 2.43. The van der Waals surface area contributed by atoms with E-state index in [2.05, 4.69) is 5.32 Å². The van der Waals surface area contributed by atoms with Crippen molar-refractivity contribution in [3.63, 3.8) is 0 Å². The molecule has 9 heteroatoms. The largest absolute Gasteiger partial charge is 0.495 e. The zero-order valence-corrected chi connectivity index (χ0v) is 20.6. The standard InChI is InChI=1S/C27H23ClN2O6/c1-16-4-6-18(7-5-16)15-36-19-10-8-17(9-11-19)12-20-25(31)29-27(33)30(26(20)32)22-14-23(34-2)21(28)13-24(22)35-3/h4-14H,15H2,1-3H3,(H,29,31,33)/b20-12+. The summed E-state index contributed by atoms with van der Waals surface area (Å²) in [7, 11) is 2.77. The molecule has 3 aromatic carbocycles. The van der Waals surface area contributed by atoms with Crippen molar-refractivity contribution in [3.05, 3.63) is 87.9 Å². The molecule has 1 N–H and O–H groups in total. The highest BCUT2D eigenvalue weighted by Crippen LogP contribution is 2.39. The Labute approximate surface area is 213 Å². The van der Waals surface area contributed by atoms with E-state index in [0.717, 1.165) is 10.5 Å². The normalized spacial score (nSPS) is 14.6. The van der Waals surface area contributed by atoms with Crippen LogP contribution >= 0.6 is 11.6 Å². The lowest BCUT2D eigenvalue weighted by molar-refractivity contribution is -0.122. The van der Waals surface area contributed by atoms with E-state index in [4.69, 9.17) is 25.8 Å². The van der Waals surface area contributed by atoms with Crippen LogP contribution < -0.4 is 24.4 Å². The summed E-state index contributed by atoms with van der Waals surface area (Å²) in [6, 6.07) is 16.8. The summed E-state index contributed by atoms with van der Waals surface area (Å²) in [6.45, 7) is 2.43. The predicted octanol–water partition coefficient (Wildman–Crippen LogP) is 4.91. The molecule has 1 saturated heterocycles. The Hall–Kier alpha value is -4.30. The summed E-state index contributed by atoms with van der Waals surface area (Å²) >= 11 is 6.14. The second-order valence-electron chi connectivity index (χ2n) is 7.96. The third-order valence-electron chi connectivity index (χ3n) is 5.51. The molecule has 36 heavy (non-hydrogen) atoms. The van der Waals surface area contributed by atoms with E-state index in [-0.39, 0.29) is 27.8 Å². The number of urea groups is 1. The molecule has 3 aromatic rings. The Morgan fingerprint density at radius 3 is 2.22 bits per heavy atom. The van der Waals surface area contributed by atoms with Gasteiger partial charge < -0.3 is 14.2 Å². The molecule has 0 aromatic heterocycles. The number of rotatable bonds is 7. The number of amides is 4. The minimum Gasteiger partial charge on any atom is -0.495 e. The molecule has 0 aliphatic carbocycles. The van der Waals surface area contributed by atoms with Gasteiger partial charge in [0.25, 0.3) is 11.8 Å². The third kappa shape index (κ3) is 5.18. The predicted molar refractivity (Wildman–Crippen MR) is 136 cm³/mol. The molecule has 0 saturated carbocycles. The van der Waals surface area contributed by atoms with E-state index in [1.165, 1.54) is 38.0 Å². The van der Waals surface area contributed by atoms with Crippen LogP contribution in [0.3, 0.4) is 0 Å². The van der Waals surface area contributed by atoms with Crippen molar-refractivity contribution >= 4 is 41.2 Å². The maximum Gasteiger partial charge on any atom is 0.336 e. The van der Waals surface area contributed by atoms with E-state index >= 15 is 0 Å². The molecule has 0 radical (unpaired) electrons. The molecule has 8 nitrogen and oxygen atoms in total. The van der Waals surface area contributed by atoms with E-state index in [9.17, 15) is 14.4 Å². The molecular formula is C27H23ClN2O6. The fraction of sp³-hybridized carbons (Fsp3) is 0.148. The number of halogens is 1. The number of nitrogens with one attached hydrogen (secondary N) is 1. The van der Waals surface area contributed by atoms with Crippen LogP contribution in [0.25, 0.3) is 6.08 Å². The Bertz CT molecular complexity index is 1350. The van der Waals surface area contributed by atoms with Crippen molar-refractivity contribution in [1.29, 1.82) is 0 Å². The van der Waals surface area contributed by atoms with Crippen LogP contribution in [-0.4, -0.2) is 32.1 Å². The summed E-state index contributed by atoms with van der Waals surface area (Å²) < 4.78 is 16.3. The van der Waals surface area contributed by atoms with Crippen molar-refractivity contribution in [1.82, 2.24) is 5.32 Å². The number of hydrogen-bond donors (Lipinski definition) is 1. The number of anilines is 1. The number of methoxy groups -OCH3 is 2. The van der Waals surface area contributed by atoms with Gasteiger partial charge in [-0.3, -0.25) is 14.9 Å². The molecule has 1 aliphatic heterocycles. The van der Waals surface area contributed by atoms with Crippen LogP contribution in [-0.2, 0) is 16.2 Å². The van der Waals surface area contributed by atoms with E-state index < -0.39 is 17.8 Å². The first-order valence-electron chi connectivity index (χ1n) is 10.9. The number of imide groups is 2. The second-order valence-corrected chi connectivity index (χ2v) is 8.37. The van der Waals surface area contributed by atoms with E-state index in [1.807, 2.05) is 31.2 Å². The lowest BCUT2D eigenvalue weighted by Gasteiger charge is -2.28. The molecule has 1 aliphatic rings. The third-order valence-corrected chi connectivity index (χ3v) is 5.81. The summed E-state index contributed by atoms with van der Waals surface area (Å²) in [6.07, 6.45) is 1.40. The highest BCUT2D eigenvalue weighted by molar-refractivity contribution is 6.39. The topological polar surface area (TPSA) is 94.2 Å². The Morgan fingerprint density at radius 1 is 0.917 bits per heavy atom. The van der Waals surface area contributed by atoms with Crippen molar-refractivity contribution in [2.45, 2.75) is 13.5 Å². The van der Waals surface area contributed by atoms with Gasteiger partial charge in [0.15, 0.2) is 0 Å². The Morgan fingerprint density at radius 2 is 1.58 bits per heavy atom. The maximum absolute atomic E-state index is 13.3. The highest BCUT2D eigenvalue weighted by atomic mass is 35.5. The van der Waals surface area contributed by atoms with Gasteiger partial charge in [-0.15, -0.1) is 0 Å². The summed E-state index contributed by atoms with van der Waals surface area (Å²) in [5.41, 5.74) is 2.64. The smallest absolute Gasteiger partial charge is 0.336 e. The maximum atomic E-state index is 13.3. The zero-order chi connectivity index (χ0) is 25.8. The van der Waals surface area contributed by atoms with E-state index in [1.54, 1.807) is 24.3 Å². The summed E-state index contributed by atoms with van der Waals surface area (Å²) in [4.78, 5) is 39.2. The van der Waals surface area contributed by atoms with Crippen LogP contribution in [0.1, 0.15) is 16.7 Å². The van der Waals surface area contributed by atoms with Gasteiger partial charge in [-0.25, -0.2) is 9.69 Å². The van der Waals surface area contributed by atoms with Gasteiger partial charge in [0.05, 0.1) is 24.9 Å². The van der Waals surface area contributed by atoms with Crippen molar-refractivity contribution in [3.8, 4) is 17.2 Å². The molecule has 184 valence electrons. The van der Waals surface area contributed by atoms with Crippen molar-refractivity contribution in [2.24, 2.45) is 0 Å². The summed E-state index contributed by atoms with van der Waals surface area (Å²) in [5.74, 6) is -0.594. The number of aryl methyl sites for hydroxylation is 1. The zero-order valence-electron chi connectivity index (χ0n) is 19.8. The number of benzene rings is 3. The quantitative estimate of drug-likeness (QED) is 0.361. The van der Waals surface area contributed by atoms with Gasteiger partial charge in [0.1, 0.15) is 29.4 Å². The number of barbiturate groups is 1. The minimum atomic E-state index is -0.912. The molecule has 4 amide bonds. The molecule has 1 fully saturated rings. The van der Waals surface area contributed by atoms with Crippen LogP contribution in [0.2, 0.25) is 5.02 Å². The lowest BCUT2D eigenvalue weighted by atomic mass is 10.1. The molecular weight excluding hydrogens is 484 g/mol.